The fourth-order valence-corrected chi connectivity index (χ4v) is 2.71. The molecule has 0 aliphatic heterocycles. The highest BCUT2D eigenvalue weighted by molar-refractivity contribution is 5.51. The molecule has 1 aliphatic carbocycles. The van der Waals surface area contributed by atoms with Crippen LogP contribution in [0, 0.1) is 5.92 Å². The van der Waals surface area contributed by atoms with Crippen LogP contribution in [0.15, 0.2) is 24.4 Å². The van der Waals surface area contributed by atoms with E-state index in [1.165, 1.54) is 17.8 Å². The van der Waals surface area contributed by atoms with Crippen LogP contribution in [0.3, 0.4) is 0 Å². The summed E-state index contributed by atoms with van der Waals surface area (Å²) in [5, 5.41) is 0. The van der Waals surface area contributed by atoms with Gasteiger partial charge in [-0.2, -0.15) is 0 Å². The zero-order valence-electron chi connectivity index (χ0n) is 10.6. The molecule has 2 N–H and O–H groups in total. The monoisotopic (exact) mass is 242 g/mol. The van der Waals surface area contributed by atoms with Crippen LogP contribution in [0.4, 0.5) is 0 Å². The Kier molecular flexibility index (Phi) is 2.88. The second-order valence-corrected chi connectivity index (χ2v) is 4.95. The van der Waals surface area contributed by atoms with Crippen molar-refractivity contribution >= 4 is 0 Å². The average Bonchev–Trinajstić information content (AvgIpc) is 2.76. The third-order valence-electron chi connectivity index (χ3n) is 3.80. The minimum Gasteiger partial charge on any atom is -0.330 e. The maximum absolute atomic E-state index is 5.77. The lowest BCUT2D eigenvalue weighted by Gasteiger charge is -2.20. The van der Waals surface area contributed by atoms with Gasteiger partial charge in [0.15, 0.2) is 5.82 Å². The van der Waals surface area contributed by atoms with Crippen LogP contribution in [-0.2, 0) is 19.9 Å². The highest BCUT2D eigenvalue weighted by Crippen LogP contribution is 2.28. The van der Waals surface area contributed by atoms with E-state index in [1.807, 2.05) is 24.4 Å². The summed E-state index contributed by atoms with van der Waals surface area (Å²) in [6, 6.07) is 5.93. The van der Waals surface area contributed by atoms with E-state index in [0.29, 0.717) is 5.92 Å². The predicted molar refractivity (Wildman–Crippen MR) is 71.0 cm³/mol. The van der Waals surface area contributed by atoms with Gasteiger partial charge in [-0.3, -0.25) is 4.98 Å². The SMILES string of the molecule is Cn1c(-c2ccccn2)nc2c1CCC(CN)C2. The number of hydrogen-bond donors (Lipinski definition) is 1. The van der Waals surface area contributed by atoms with E-state index in [-0.39, 0.29) is 0 Å². The molecule has 0 saturated heterocycles. The van der Waals surface area contributed by atoms with Crippen LogP contribution in [0.1, 0.15) is 17.8 Å². The van der Waals surface area contributed by atoms with Crippen LogP contribution in [0.5, 0.6) is 0 Å². The van der Waals surface area contributed by atoms with Crippen LogP contribution < -0.4 is 5.73 Å². The molecule has 0 aromatic carbocycles. The highest BCUT2D eigenvalue weighted by Gasteiger charge is 2.24. The van der Waals surface area contributed by atoms with Crippen molar-refractivity contribution in [2.75, 3.05) is 6.54 Å². The summed E-state index contributed by atoms with van der Waals surface area (Å²) in [6.07, 6.45) is 5.07. The summed E-state index contributed by atoms with van der Waals surface area (Å²) >= 11 is 0. The van der Waals surface area contributed by atoms with Crippen molar-refractivity contribution in [2.24, 2.45) is 18.7 Å². The average molecular weight is 242 g/mol. The maximum atomic E-state index is 5.77. The van der Waals surface area contributed by atoms with Crippen molar-refractivity contribution in [2.45, 2.75) is 19.3 Å². The van der Waals surface area contributed by atoms with Crippen LogP contribution in [-0.4, -0.2) is 21.1 Å². The van der Waals surface area contributed by atoms with Gasteiger partial charge in [0.1, 0.15) is 5.69 Å². The van der Waals surface area contributed by atoms with Gasteiger partial charge in [0.2, 0.25) is 0 Å². The summed E-state index contributed by atoms with van der Waals surface area (Å²) in [6.45, 7) is 0.759. The van der Waals surface area contributed by atoms with Crippen molar-refractivity contribution in [3.63, 3.8) is 0 Å². The molecular weight excluding hydrogens is 224 g/mol. The van der Waals surface area contributed by atoms with Crippen LogP contribution in [0.2, 0.25) is 0 Å². The lowest BCUT2D eigenvalue weighted by molar-refractivity contribution is 0.456. The standard InChI is InChI=1S/C14H18N4/c1-18-13-6-5-10(9-15)8-12(13)17-14(18)11-4-2-3-7-16-11/h2-4,7,10H,5-6,8-9,15H2,1H3. The molecule has 1 atom stereocenters. The van der Waals surface area contributed by atoms with E-state index in [1.54, 1.807) is 0 Å². The molecule has 18 heavy (non-hydrogen) atoms. The number of nitrogens with zero attached hydrogens (tertiary/aromatic N) is 3. The molecule has 2 heterocycles. The Hall–Kier alpha value is -1.68. The normalized spacial score (nSPS) is 18.7. The molecule has 1 aliphatic rings. The molecule has 2 aromatic rings. The lowest BCUT2D eigenvalue weighted by atomic mass is 9.90. The molecular formula is C14H18N4. The van der Waals surface area contributed by atoms with Crippen LogP contribution >= 0.6 is 0 Å². The Morgan fingerprint density at radius 1 is 1.44 bits per heavy atom. The first-order valence-electron chi connectivity index (χ1n) is 6.45. The van der Waals surface area contributed by atoms with Gasteiger partial charge in [0.25, 0.3) is 0 Å². The fraction of sp³-hybridized carbons (Fsp3) is 0.429. The third-order valence-corrected chi connectivity index (χ3v) is 3.80. The molecule has 0 saturated carbocycles. The number of hydrogen-bond acceptors (Lipinski definition) is 3. The largest absolute Gasteiger partial charge is 0.330 e. The summed E-state index contributed by atoms with van der Waals surface area (Å²) in [7, 11) is 2.08. The van der Waals surface area contributed by atoms with Crippen molar-refractivity contribution in [3.8, 4) is 11.5 Å². The molecule has 2 aromatic heterocycles. The second kappa shape index (κ2) is 4.53. The Morgan fingerprint density at radius 3 is 3.06 bits per heavy atom. The number of nitrogens with two attached hydrogens (primary N) is 1. The van der Waals surface area contributed by atoms with Gasteiger partial charge in [-0.05, 0) is 43.9 Å². The number of rotatable bonds is 2. The Balaban J connectivity index is 2.02. The zero-order valence-corrected chi connectivity index (χ0v) is 10.6. The first-order valence-corrected chi connectivity index (χ1v) is 6.45. The van der Waals surface area contributed by atoms with Gasteiger partial charge < -0.3 is 10.3 Å². The van der Waals surface area contributed by atoms with Gasteiger partial charge in [-0.15, -0.1) is 0 Å². The summed E-state index contributed by atoms with van der Waals surface area (Å²) in [4.78, 5) is 9.15. The molecule has 1 unspecified atom stereocenters. The number of imidazole rings is 1. The second-order valence-electron chi connectivity index (χ2n) is 4.95. The molecule has 4 heteroatoms. The predicted octanol–water partition coefficient (Wildman–Crippen LogP) is 1.55. The molecule has 0 fully saturated rings. The fourth-order valence-electron chi connectivity index (χ4n) is 2.71. The van der Waals surface area contributed by atoms with Crippen molar-refractivity contribution in [1.82, 2.24) is 14.5 Å². The minimum atomic E-state index is 0.587. The molecule has 0 amide bonds. The lowest BCUT2D eigenvalue weighted by Crippen LogP contribution is -2.22. The van der Waals surface area contributed by atoms with Crippen molar-refractivity contribution < 1.29 is 0 Å². The van der Waals surface area contributed by atoms with E-state index in [2.05, 4.69) is 16.6 Å². The van der Waals surface area contributed by atoms with E-state index in [4.69, 9.17) is 10.7 Å². The van der Waals surface area contributed by atoms with Crippen molar-refractivity contribution in [1.29, 1.82) is 0 Å². The number of pyridine rings is 1. The van der Waals surface area contributed by atoms with Crippen LogP contribution in [0.25, 0.3) is 11.5 Å². The van der Waals surface area contributed by atoms with E-state index in [0.717, 1.165) is 30.9 Å². The van der Waals surface area contributed by atoms with Gasteiger partial charge >= 0.3 is 0 Å². The minimum absolute atomic E-state index is 0.587. The molecule has 0 spiro atoms. The Bertz CT molecular complexity index is 544. The highest BCUT2D eigenvalue weighted by atomic mass is 15.1. The summed E-state index contributed by atoms with van der Waals surface area (Å²) in [5.74, 6) is 1.56. The zero-order chi connectivity index (χ0) is 12.5. The summed E-state index contributed by atoms with van der Waals surface area (Å²) in [5.41, 5.74) is 9.27. The van der Waals surface area contributed by atoms with Gasteiger partial charge in [0.05, 0.1) is 5.69 Å². The Labute approximate surface area is 107 Å². The van der Waals surface area contributed by atoms with Gasteiger partial charge in [-0.1, -0.05) is 6.07 Å². The van der Waals surface area contributed by atoms with Gasteiger partial charge in [-0.25, -0.2) is 4.98 Å². The topological polar surface area (TPSA) is 56.7 Å². The smallest absolute Gasteiger partial charge is 0.158 e. The molecule has 94 valence electrons. The van der Waals surface area contributed by atoms with E-state index >= 15 is 0 Å². The Morgan fingerprint density at radius 2 is 2.33 bits per heavy atom. The van der Waals surface area contributed by atoms with Gasteiger partial charge in [0, 0.05) is 18.9 Å². The van der Waals surface area contributed by atoms with E-state index < -0.39 is 0 Å². The number of fused-ring (bicyclic) bond motifs is 1. The summed E-state index contributed by atoms with van der Waals surface area (Å²) < 4.78 is 2.18. The molecule has 4 nitrogen and oxygen atoms in total. The van der Waals surface area contributed by atoms with Crippen molar-refractivity contribution in [3.05, 3.63) is 35.8 Å². The maximum Gasteiger partial charge on any atom is 0.158 e. The molecule has 0 radical (unpaired) electrons. The first-order chi connectivity index (χ1) is 8.79. The molecule has 0 bridgehead atoms. The first kappa shape index (κ1) is 11.4. The molecule has 3 rings (SSSR count). The van der Waals surface area contributed by atoms with E-state index in [9.17, 15) is 0 Å². The quantitative estimate of drug-likeness (QED) is 0.869. The third kappa shape index (κ3) is 1.82. The number of aromatic nitrogens is 3.